The minimum Gasteiger partial charge on any atom is -0.375 e. The first-order chi connectivity index (χ1) is 6.06. The lowest BCUT2D eigenvalue weighted by Gasteiger charge is -2.53. The van der Waals surface area contributed by atoms with Gasteiger partial charge >= 0.3 is 0 Å². The molecular weight excluding hydrogens is 184 g/mol. The molecule has 0 aliphatic heterocycles. The molecule has 1 rings (SSSR count). The predicted octanol–water partition coefficient (Wildman–Crippen LogP) is 3.60. The number of hydrogen-bond donors (Lipinski definition) is 0. The van der Waals surface area contributed by atoms with E-state index in [0.717, 1.165) is 19.3 Å². The van der Waals surface area contributed by atoms with Gasteiger partial charge < -0.3 is 4.74 Å². The Morgan fingerprint density at radius 1 is 1.38 bits per heavy atom. The fourth-order valence-electron chi connectivity index (χ4n) is 2.37. The Bertz CT molecular complexity index is 163. The minimum absolute atomic E-state index is 0.256. The monoisotopic (exact) mass is 204 g/mol. The van der Waals surface area contributed by atoms with Gasteiger partial charge in [0.25, 0.3) is 0 Å². The van der Waals surface area contributed by atoms with Crippen molar-refractivity contribution >= 4 is 11.6 Å². The summed E-state index contributed by atoms with van der Waals surface area (Å²) < 4.78 is 5.87. The number of ether oxygens (including phenoxy) is 1. The van der Waals surface area contributed by atoms with Gasteiger partial charge in [-0.3, -0.25) is 0 Å². The van der Waals surface area contributed by atoms with Gasteiger partial charge in [0, 0.05) is 10.8 Å². The molecule has 0 spiro atoms. The van der Waals surface area contributed by atoms with E-state index in [2.05, 4.69) is 27.7 Å². The lowest BCUT2D eigenvalue weighted by Crippen LogP contribution is -2.55. The van der Waals surface area contributed by atoms with Crippen LogP contribution in [0.15, 0.2) is 0 Å². The van der Waals surface area contributed by atoms with Crippen LogP contribution in [0.1, 0.15) is 47.0 Å². The molecule has 0 aromatic rings. The third-order valence-corrected chi connectivity index (χ3v) is 4.05. The van der Waals surface area contributed by atoms with Crippen molar-refractivity contribution in [2.45, 2.75) is 64.5 Å². The summed E-state index contributed by atoms with van der Waals surface area (Å²) in [5.74, 6) is 0. The second-order valence-electron chi connectivity index (χ2n) is 4.32. The molecule has 78 valence electrons. The van der Waals surface area contributed by atoms with Crippen LogP contribution >= 0.6 is 11.6 Å². The zero-order valence-corrected chi connectivity index (χ0v) is 9.90. The van der Waals surface area contributed by atoms with E-state index in [1.807, 2.05) is 0 Å². The Balaban J connectivity index is 2.58. The van der Waals surface area contributed by atoms with Gasteiger partial charge in [0.1, 0.15) is 0 Å². The molecule has 1 nitrogen and oxygen atoms in total. The predicted molar refractivity (Wildman–Crippen MR) is 57.3 cm³/mol. The van der Waals surface area contributed by atoms with E-state index in [-0.39, 0.29) is 5.41 Å². The maximum Gasteiger partial charge on any atom is 0.0663 e. The van der Waals surface area contributed by atoms with Crippen molar-refractivity contribution in [1.29, 1.82) is 0 Å². The van der Waals surface area contributed by atoms with Gasteiger partial charge in [-0.25, -0.2) is 0 Å². The normalized spacial score (nSPS) is 31.8. The van der Waals surface area contributed by atoms with E-state index < -0.39 is 0 Å². The first-order valence-electron chi connectivity index (χ1n) is 5.36. The van der Waals surface area contributed by atoms with Crippen molar-refractivity contribution in [3.05, 3.63) is 0 Å². The highest BCUT2D eigenvalue weighted by molar-refractivity contribution is 6.21. The third-order valence-electron chi connectivity index (χ3n) is 3.44. The standard InChI is InChI=1S/C11H21ClO/c1-5-11(6-2)9(12)7-10(11)13-8(3)4/h8-10H,5-7H2,1-4H3. The number of rotatable bonds is 4. The van der Waals surface area contributed by atoms with E-state index in [1.165, 1.54) is 0 Å². The van der Waals surface area contributed by atoms with Crippen LogP contribution < -0.4 is 0 Å². The van der Waals surface area contributed by atoms with Crippen molar-refractivity contribution in [1.82, 2.24) is 0 Å². The van der Waals surface area contributed by atoms with Gasteiger partial charge in [-0.2, -0.15) is 0 Å². The highest BCUT2D eigenvalue weighted by Gasteiger charge is 2.52. The van der Waals surface area contributed by atoms with Crippen molar-refractivity contribution in [3.63, 3.8) is 0 Å². The number of alkyl halides is 1. The van der Waals surface area contributed by atoms with Crippen LogP contribution in [-0.2, 0) is 4.74 Å². The van der Waals surface area contributed by atoms with Crippen LogP contribution in [0.25, 0.3) is 0 Å². The lowest BCUT2D eigenvalue weighted by atomic mass is 9.62. The minimum atomic E-state index is 0.256. The number of halogens is 1. The van der Waals surface area contributed by atoms with Gasteiger partial charge in [0.05, 0.1) is 12.2 Å². The van der Waals surface area contributed by atoms with E-state index in [9.17, 15) is 0 Å². The van der Waals surface area contributed by atoms with E-state index in [4.69, 9.17) is 16.3 Å². The maximum atomic E-state index is 6.27. The Morgan fingerprint density at radius 2 is 1.92 bits per heavy atom. The second kappa shape index (κ2) is 4.18. The molecule has 2 heteroatoms. The first-order valence-corrected chi connectivity index (χ1v) is 5.80. The van der Waals surface area contributed by atoms with E-state index in [1.54, 1.807) is 0 Å². The summed E-state index contributed by atoms with van der Waals surface area (Å²) >= 11 is 6.27. The largest absolute Gasteiger partial charge is 0.375 e. The van der Waals surface area contributed by atoms with Crippen molar-refractivity contribution in [2.24, 2.45) is 5.41 Å². The van der Waals surface area contributed by atoms with Crippen LogP contribution in [0.3, 0.4) is 0 Å². The quantitative estimate of drug-likeness (QED) is 0.636. The van der Waals surface area contributed by atoms with E-state index in [0.29, 0.717) is 17.6 Å². The van der Waals surface area contributed by atoms with E-state index >= 15 is 0 Å². The van der Waals surface area contributed by atoms with Gasteiger partial charge in [-0.1, -0.05) is 13.8 Å². The highest BCUT2D eigenvalue weighted by atomic mass is 35.5. The van der Waals surface area contributed by atoms with Crippen molar-refractivity contribution in [2.75, 3.05) is 0 Å². The molecule has 0 N–H and O–H groups in total. The maximum absolute atomic E-state index is 6.27. The van der Waals surface area contributed by atoms with Crippen molar-refractivity contribution < 1.29 is 4.74 Å². The fraction of sp³-hybridized carbons (Fsp3) is 1.00. The molecule has 1 aliphatic rings. The summed E-state index contributed by atoms with van der Waals surface area (Å²) in [4.78, 5) is 0. The molecule has 13 heavy (non-hydrogen) atoms. The smallest absolute Gasteiger partial charge is 0.0663 e. The van der Waals surface area contributed by atoms with Crippen LogP contribution in [0.5, 0.6) is 0 Å². The molecule has 0 heterocycles. The molecule has 2 atom stereocenters. The topological polar surface area (TPSA) is 9.23 Å². The first kappa shape index (κ1) is 11.3. The SMILES string of the molecule is CCC1(CC)C(Cl)CC1OC(C)C. The summed E-state index contributed by atoms with van der Waals surface area (Å²) in [5, 5.41) is 0.325. The second-order valence-corrected chi connectivity index (χ2v) is 4.84. The summed E-state index contributed by atoms with van der Waals surface area (Å²) in [6.45, 7) is 8.62. The molecule has 1 fully saturated rings. The van der Waals surface area contributed by atoms with Crippen LogP contribution in [0.2, 0.25) is 0 Å². The summed E-state index contributed by atoms with van der Waals surface area (Å²) in [7, 11) is 0. The van der Waals surface area contributed by atoms with Gasteiger partial charge in [0.15, 0.2) is 0 Å². The average molecular weight is 205 g/mol. The lowest BCUT2D eigenvalue weighted by molar-refractivity contribution is -0.133. The molecule has 2 unspecified atom stereocenters. The molecule has 0 saturated heterocycles. The summed E-state index contributed by atoms with van der Waals surface area (Å²) in [6.07, 6.45) is 4.02. The molecule has 0 bridgehead atoms. The van der Waals surface area contributed by atoms with Gasteiger partial charge in [0.2, 0.25) is 0 Å². The van der Waals surface area contributed by atoms with Crippen LogP contribution in [-0.4, -0.2) is 17.6 Å². The van der Waals surface area contributed by atoms with Gasteiger partial charge in [-0.15, -0.1) is 11.6 Å². The summed E-state index contributed by atoms with van der Waals surface area (Å²) in [6, 6.07) is 0. The Morgan fingerprint density at radius 3 is 2.23 bits per heavy atom. The highest BCUT2D eigenvalue weighted by Crippen LogP contribution is 2.52. The Labute approximate surface area is 86.8 Å². The number of hydrogen-bond acceptors (Lipinski definition) is 1. The molecule has 1 saturated carbocycles. The summed E-state index contributed by atoms with van der Waals surface area (Å²) in [5.41, 5.74) is 0.256. The molecule has 0 aromatic heterocycles. The van der Waals surface area contributed by atoms with Crippen molar-refractivity contribution in [3.8, 4) is 0 Å². The van der Waals surface area contributed by atoms with Crippen LogP contribution in [0.4, 0.5) is 0 Å². The zero-order valence-electron chi connectivity index (χ0n) is 9.14. The average Bonchev–Trinajstić information content (AvgIpc) is 2.05. The molecule has 0 aromatic carbocycles. The van der Waals surface area contributed by atoms with Crippen LogP contribution in [0, 0.1) is 5.41 Å². The third kappa shape index (κ3) is 1.87. The Hall–Kier alpha value is 0.250. The Kier molecular flexibility index (Phi) is 3.64. The molecular formula is C11H21ClO. The zero-order chi connectivity index (χ0) is 10.1. The molecule has 0 amide bonds. The van der Waals surface area contributed by atoms with Gasteiger partial charge in [-0.05, 0) is 33.1 Å². The molecule has 0 radical (unpaired) electrons. The fourth-order valence-corrected chi connectivity index (χ4v) is 2.98. The molecule has 1 aliphatic carbocycles.